The van der Waals surface area contributed by atoms with Crippen LogP contribution in [0.5, 0.6) is 11.5 Å². The number of benzene rings is 2. The first kappa shape index (κ1) is 15.8. The number of anilines is 1. The molecule has 0 aliphatic heterocycles. The third-order valence-corrected chi connectivity index (χ3v) is 4.07. The molecule has 0 saturated carbocycles. The molecular formula is C18H16N6O2. The molecule has 4 rings (SSSR count). The summed E-state index contributed by atoms with van der Waals surface area (Å²) in [4.78, 5) is 7.60. The third kappa shape index (κ3) is 2.88. The van der Waals surface area contributed by atoms with E-state index in [1.165, 1.54) is 23.9 Å². The Morgan fingerprint density at radius 2 is 2.04 bits per heavy atom. The smallest absolute Gasteiger partial charge is 0.265 e. The van der Waals surface area contributed by atoms with Crippen LogP contribution in [0.25, 0.3) is 22.1 Å². The number of nitrogens with zero attached hydrogens (tertiary/aromatic N) is 4. The molecule has 130 valence electrons. The fraction of sp³-hybridized carbons (Fsp3) is 0.111. The van der Waals surface area contributed by atoms with Gasteiger partial charge in [-0.3, -0.25) is 0 Å². The van der Waals surface area contributed by atoms with Crippen LogP contribution in [-0.4, -0.2) is 36.6 Å². The van der Waals surface area contributed by atoms with Gasteiger partial charge in [0.2, 0.25) is 0 Å². The lowest BCUT2D eigenvalue weighted by molar-refractivity contribution is 0.450. The Morgan fingerprint density at radius 1 is 1.15 bits per heavy atom. The average molecular weight is 348 g/mol. The number of H-pyrrole nitrogens is 1. The van der Waals surface area contributed by atoms with E-state index in [1.807, 2.05) is 6.07 Å². The summed E-state index contributed by atoms with van der Waals surface area (Å²) in [6.45, 7) is 2.10. The predicted molar refractivity (Wildman–Crippen MR) is 99.6 cm³/mol. The molecule has 2 heterocycles. The number of hydrogen-bond acceptors (Lipinski definition) is 7. The van der Waals surface area contributed by atoms with Gasteiger partial charge in [-0.25, -0.2) is 5.43 Å². The number of hydrazone groups is 1. The van der Waals surface area contributed by atoms with Crippen LogP contribution in [0, 0.1) is 0 Å². The molecular weight excluding hydrogens is 332 g/mol. The van der Waals surface area contributed by atoms with Gasteiger partial charge in [0, 0.05) is 22.5 Å². The Morgan fingerprint density at radius 3 is 2.85 bits per heavy atom. The second kappa shape index (κ2) is 6.32. The van der Waals surface area contributed by atoms with Gasteiger partial charge in [-0.2, -0.15) is 10.1 Å². The van der Waals surface area contributed by atoms with Crippen molar-refractivity contribution in [2.45, 2.75) is 13.3 Å². The molecule has 0 radical (unpaired) electrons. The zero-order chi connectivity index (χ0) is 18.1. The molecule has 0 amide bonds. The highest BCUT2D eigenvalue weighted by atomic mass is 16.3. The number of aromatic amines is 1. The number of hydrogen-bond donors (Lipinski definition) is 4. The minimum atomic E-state index is -0.0765. The average Bonchev–Trinajstić information content (AvgIpc) is 3.00. The van der Waals surface area contributed by atoms with Crippen LogP contribution in [-0.2, 0) is 6.42 Å². The Kier molecular flexibility index (Phi) is 3.85. The molecule has 0 saturated heterocycles. The number of phenols is 2. The second-order valence-corrected chi connectivity index (χ2v) is 5.80. The predicted octanol–water partition coefficient (Wildman–Crippen LogP) is 2.93. The molecule has 26 heavy (non-hydrogen) atoms. The summed E-state index contributed by atoms with van der Waals surface area (Å²) < 4.78 is 0. The fourth-order valence-corrected chi connectivity index (χ4v) is 2.69. The van der Waals surface area contributed by atoms with Crippen molar-refractivity contribution in [1.82, 2.24) is 20.2 Å². The molecule has 8 heteroatoms. The monoisotopic (exact) mass is 348 g/mol. The molecule has 0 atom stereocenters. The highest BCUT2D eigenvalue weighted by Gasteiger charge is 2.09. The Labute approximate surface area is 148 Å². The Balaban J connectivity index is 1.61. The highest BCUT2D eigenvalue weighted by molar-refractivity contribution is 6.03. The number of aromatic nitrogens is 4. The maximum atomic E-state index is 9.73. The topological polar surface area (TPSA) is 119 Å². The van der Waals surface area contributed by atoms with Crippen LogP contribution >= 0.6 is 0 Å². The molecule has 2 aromatic heterocycles. The minimum absolute atomic E-state index is 0.0179. The van der Waals surface area contributed by atoms with Gasteiger partial charge in [-0.1, -0.05) is 13.0 Å². The largest absolute Gasteiger partial charge is 0.508 e. The number of nitrogens with one attached hydrogen (secondary N) is 2. The summed E-state index contributed by atoms with van der Waals surface area (Å²) in [5.41, 5.74) is 6.63. The highest BCUT2D eigenvalue weighted by Crippen LogP contribution is 2.24. The van der Waals surface area contributed by atoms with Crippen molar-refractivity contribution in [3.8, 4) is 11.5 Å². The summed E-state index contributed by atoms with van der Waals surface area (Å²) in [6.07, 6.45) is 2.35. The van der Waals surface area contributed by atoms with E-state index < -0.39 is 0 Å². The Bertz CT molecular complexity index is 1140. The van der Waals surface area contributed by atoms with Gasteiger partial charge >= 0.3 is 0 Å². The van der Waals surface area contributed by atoms with E-state index in [9.17, 15) is 10.2 Å². The van der Waals surface area contributed by atoms with Gasteiger partial charge in [0.1, 0.15) is 17.0 Å². The Hall–Kier alpha value is -3.68. The van der Waals surface area contributed by atoms with Crippen molar-refractivity contribution in [2.75, 3.05) is 5.43 Å². The summed E-state index contributed by atoms with van der Waals surface area (Å²) in [6, 6.07) is 10.4. The molecule has 0 spiro atoms. The third-order valence-electron chi connectivity index (χ3n) is 4.07. The van der Waals surface area contributed by atoms with Crippen molar-refractivity contribution in [2.24, 2.45) is 5.10 Å². The molecule has 0 fully saturated rings. The quantitative estimate of drug-likeness (QED) is 0.332. The van der Waals surface area contributed by atoms with Crippen molar-refractivity contribution in [3.05, 3.63) is 47.5 Å². The van der Waals surface area contributed by atoms with Gasteiger partial charge in [0.25, 0.3) is 5.95 Å². The van der Waals surface area contributed by atoms with Gasteiger partial charge in [-0.05, 0) is 36.2 Å². The number of aryl methyl sites for hydroxylation is 1. The molecule has 0 aliphatic carbocycles. The van der Waals surface area contributed by atoms with Crippen LogP contribution in [0.4, 0.5) is 5.95 Å². The summed E-state index contributed by atoms with van der Waals surface area (Å²) in [7, 11) is 0. The molecule has 0 unspecified atom stereocenters. The van der Waals surface area contributed by atoms with Crippen LogP contribution < -0.4 is 5.43 Å². The normalized spacial score (nSPS) is 11.6. The van der Waals surface area contributed by atoms with E-state index in [2.05, 4.69) is 49.7 Å². The van der Waals surface area contributed by atoms with E-state index in [0.29, 0.717) is 16.7 Å². The summed E-state index contributed by atoms with van der Waals surface area (Å²) >= 11 is 0. The zero-order valence-electron chi connectivity index (χ0n) is 13.9. The number of aromatic hydroxyl groups is 2. The van der Waals surface area contributed by atoms with Gasteiger partial charge in [-0.15, -0.1) is 10.2 Å². The van der Waals surface area contributed by atoms with E-state index in [4.69, 9.17) is 0 Å². The van der Waals surface area contributed by atoms with Crippen molar-refractivity contribution < 1.29 is 10.2 Å². The fourth-order valence-electron chi connectivity index (χ4n) is 2.69. The van der Waals surface area contributed by atoms with Crippen LogP contribution in [0.3, 0.4) is 0 Å². The van der Waals surface area contributed by atoms with Gasteiger partial charge < -0.3 is 15.2 Å². The number of fused-ring (bicyclic) bond motifs is 3. The number of phenolic OH excluding ortho intramolecular Hbond substituents is 2. The molecule has 4 aromatic rings. The maximum Gasteiger partial charge on any atom is 0.265 e. The first-order chi connectivity index (χ1) is 12.6. The SMILES string of the molecule is CCc1ccc2[nH]c3nc(N/N=C\c4ccc(O)cc4O)nnc3c2c1. The van der Waals surface area contributed by atoms with Crippen LogP contribution in [0.2, 0.25) is 0 Å². The lowest BCUT2D eigenvalue weighted by Crippen LogP contribution is -1.99. The minimum Gasteiger partial charge on any atom is -0.508 e. The van der Waals surface area contributed by atoms with Crippen molar-refractivity contribution in [3.63, 3.8) is 0 Å². The van der Waals surface area contributed by atoms with E-state index in [-0.39, 0.29) is 17.4 Å². The lowest BCUT2D eigenvalue weighted by Gasteiger charge is -2.00. The zero-order valence-corrected chi connectivity index (χ0v) is 13.9. The van der Waals surface area contributed by atoms with Crippen LogP contribution in [0.1, 0.15) is 18.1 Å². The standard InChI is InChI=1S/C18H16N6O2/c1-2-10-3-6-14-13(7-10)16-17(20-14)21-18(24-22-16)23-19-9-11-4-5-12(25)8-15(11)26/h3-9,25-26H,2H2,1H3,(H2,20,21,23,24)/b19-9-. The van der Waals surface area contributed by atoms with Crippen LogP contribution in [0.15, 0.2) is 41.5 Å². The second-order valence-electron chi connectivity index (χ2n) is 5.80. The number of rotatable bonds is 4. The van der Waals surface area contributed by atoms with Crippen molar-refractivity contribution in [1.29, 1.82) is 0 Å². The molecule has 0 bridgehead atoms. The molecule has 8 nitrogen and oxygen atoms in total. The van der Waals surface area contributed by atoms with E-state index in [1.54, 1.807) is 6.07 Å². The first-order valence-corrected chi connectivity index (χ1v) is 8.10. The molecule has 0 aliphatic rings. The maximum absolute atomic E-state index is 9.73. The van der Waals surface area contributed by atoms with Gasteiger partial charge in [0.15, 0.2) is 5.65 Å². The first-order valence-electron chi connectivity index (χ1n) is 8.10. The summed E-state index contributed by atoms with van der Waals surface area (Å²) in [5, 5.41) is 32.3. The van der Waals surface area contributed by atoms with E-state index >= 15 is 0 Å². The van der Waals surface area contributed by atoms with Gasteiger partial charge in [0.05, 0.1) is 6.21 Å². The van der Waals surface area contributed by atoms with E-state index in [0.717, 1.165) is 17.3 Å². The molecule has 4 N–H and O–H groups in total. The molecule has 2 aromatic carbocycles. The van der Waals surface area contributed by atoms with Crippen molar-refractivity contribution >= 4 is 34.2 Å². The lowest BCUT2D eigenvalue weighted by atomic mass is 10.1. The summed E-state index contributed by atoms with van der Waals surface area (Å²) in [5.74, 6) is 0.136.